The zero-order valence-corrected chi connectivity index (χ0v) is 11.7. The summed E-state index contributed by atoms with van der Waals surface area (Å²) < 4.78 is 4.76. The van der Waals surface area contributed by atoms with Crippen molar-refractivity contribution in [3.63, 3.8) is 0 Å². The van der Waals surface area contributed by atoms with Crippen LogP contribution in [0.4, 0.5) is 0 Å². The standard InChI is InChI=1S/C15H23NO2/c1-5-6-16-14(10-15(17)18-4)13-8-11(2)7-12(3)9-13/h7-9,14,16H,5-6,10H2,1-4H3. The van der Waals surface area contributed by atoms with Crippen LogP contribution < -0.4 is 5.32 Å². The molecular weight excluding hydrogens is 226 g/mol. The van der Waals surface area contributed by atoms with Crippen LogP contribution in [0.3, 0.4) is 0 Å². The molecule has 0 saturated heterocycles. The predicted molar refractivity (Wildman–Crippen MR) is 73.6 cm³/mol. The van der Waals surface area contributed by atoms with Gasteiger partial charge in [-0.1, -0.05) is 36.2 Å². The average Bonchev–Trinajstić information content (AvgIpc) is 2.32. The fourth-order valence-corrected chi connectivity index (χ4v) is 2.09. The zero-order chi connectivity index (χ0) is 13.5. The molecule has 3 heteroatoms. The van der Waals surface area contributed by atoms with Gasteiger partial charge in [0.25, 0.3) is 0 Å². The molecule has 0 radical (unpaired) electrons. The summed E-state index contributed by atoms with van der Waals surface area (Å²) in [7, 11) is 1.43. The number of carbonyl (C=O) groups is 1. The summed E-state index contributed by atoms with van der Waals surface area (Å²) in [5.41, 5.74) is 3.60. The fraction of sp³-hybridized carbons (Fsp3) is 0.533. The number of esters is 1. The van der Waals surface area contributed by atoms with Gasteiger partial charge in [0.1, 0.15) is 0 Å². The fourth-order valence-electron chi connectivity index (χ4n) is 2.09. The summed E-state index contributed by atoms with van der Waals surface area (Å²) in [6, 6.07) is 6.43. The minimum absolute atomic E-state index is 0.0380. The Kier molecular flexibility index (Phi) is 5.86. The number of nitrogens with one attached hydrogen (secondary N) is 1. The van der Waals surface area contributed by atoms with Crippen molar-refractivity contribution in [2.24, 2.45) is 0 Å². The first-order valence-electron chi connectivity index (χ1n) is 6.45. The molecule has 3 nitrogen and oxygen atoms in total. The molecule has 0 fully saturated rings. The molecule has 100 valence electrons. The number of methoxy groups -OCH3 is 1. The Balaban J connectivity index is 2.89. The van der Waals surface area contributed by atoms with Crippen molar-refractivity contribution in [3.8, 4) is 0 Å². The van der Waals surface area contributed by atoms with Crippen molar-refractivity contribution in [1.29, 1.82) is 0 Å². The molecule has 0 aromatic heterocycles. The van der Waals surface area contributed by atoms with Gasteiger partial charge in [0.05, 0.1) is 13.5 Å². The van der Waals surface area contributed by atoms with Gasteiger partial charge in [-0.05, 0) is 32.4 Å². The van der Waals surface area contributed by atoms with Crippen molar-refractivity contribution < 1.29 is 9.53 Å². The first-order valence-corrected chi connectivity index (χ1v) is 6.45. The lowest BCUT2D eigenvalue weighted by Gasteiger charge is -2.19. The molecule has 1 aromatic carbocycles. The molecule has 1 atom stereocenters. The second-order valence-corrected chi connectivity index (χ2v) is 4.71. The van der Waals surface area contributed by atoms with E-state index in [2.05, 4.69) is 44.3 Å². The van der Waals surface area contributed by atoms with Crippen LogP contribution in [0.25, 0.3) is 0 Å². The summed E-state index contributed by atoms with van der Waals surface area (Å²) >= 11 is 0. The van der Waals surface area contributed by atoms with Gasteiger partial charge >= 0.3 is 5.97 Å². The van der Waals surface area contributed by atoms with E-state index < -0.39 is 0 Å². The smallest absolute Gasteiger partial charge is 0.307 e. The van der Waals surface area contributed by atoms with E-state index in [0.29, 0.717) is 6.42 Å². The highest BCUT2D eigenvalue weighted by Gasteiger charge is 2.16. The number of ether oxygens (including phenoxy) is 1. The van der Waals surface area contributed by atoms with Crippen LogP contribution in [0.15, 0.2) is 18.2 Å². The van der Waals surface area contributed by atoms with Gasteiger partial charge in [0, 0.05) is 6.04 Å². The van der Waals surface area contributed by atoms with Crippen molar-refractivity contribution in [2.75, 3.05) is 13.7 Å². The third kappa shape index (κ3) is 4.49. The van der Waals surface area contributed by atoms with Crippen molar-refractivity contribution in [3.05, 3.63) is 34.9 Å². The maximum Gasteiger partial charge on any atom is 0.307 e. The van der Waals surface area contributed by atoms with Crippen molar-refractivity contribution in [1.82, 2.24) is 5.32 Å². The third-order valence-corrected chi connectivity index (χ3v) is 2.89. The van der Waals surface area contributed by atoms with E-state index in [9.17, 15) is 4.79 Å². The normalized spacial score (nSPS) is 12.2. The van der Waals surface area contributed by atoms with Gasteiger partial charge < -0.3 is 10.1 Å². The Bertz CT molecular complexity index is 381. The van der Waals surface area contributed by atoms with E-state index >= 15 is 0 Å². The molecular formula is C15H23NO2. The van der Waals surface area contributed by atoms with Gasteiger partial charge in [0.2, 0.25) is 0 Å². The van der Waals surface area contributed by atoms with E-state index in [1.165, 1.54) is 18.2 Å². The molecule has 0 saturated carbocycles. The van der Waals surface area contributed by atoms with Crippen LogP contribution in [0.5, 0.6) is 0 Å². The highest BCUT2D eigenvalue weighted by Crippen LogP contribution is 2.20. The molecule has 0 bridgehead atoms. The maximum atomic E-state index is 11.5. The van der Waals surface area contributed by atoms with E-state index in [1.54, 1.807) is 0 Å². The van der Waals surface area contributed by atoms with E-state index in [1.807, 2.05) is 0 Å². The number of aryl methyl sites for hydroxylation is 2. The summed E-state index contributed by atoms with van der Waals surface area (Å²) in [4.78, 5) is 11.5. The topological polar surface area (TPSA) is 38.3 Å². The molecule has 0 aliphatic carbocycles. The Morgan fingerprint density at radius 3 is 2.39 bits per heavy atom. The Morgan fingerprint density at radius 1 is 1.28 bits per heavy atom. The maximum absolute atomic E-state index is 11.5. The van der Waals surface area contributed by atoms with Crippen molar-refractivity contribution in [2.45, 2.75) is 39.7 Å². The van der Waals surface area contributed by atoms with Crippen LogP contribution >= 0.6 is 0 Å². The van der Waals surface area contributed by atoms with E-state index in [0.717, 1.165) is 18.5 Å². The molecule has 0 heterocycles. The Hall–Kier alpha value is -1.35. The van der Waals surface area contributed by atoms with Crippen LogP contribution in [0.1, 0.15) is 42.5 Å². The van der Waals surface area contributed by atoms with Crippen LogP contribution in [-0.2, 0) is 9.53 Å². The second-order valence-electron chi connectivity index (χ2n) is 4.71. The molecule has 18 heavy (non-hydrogen) atoms. The van der Waals surface area contributed by atoms with Crippen LogP contribution in [0.2, 0.25) is 0 Å². The minimum atomic E-state index is -0.178. The zero-order valence-electron chi connectivity index (χ0n) is 11.7. The molecule has 1 N–H and O–H groups in total. The van der Waals surface area contributed by atoms with Gasteiger partial charge in [-0.3, -0.25) is 4.79 Å². The SMILES string of the molecule is CCCNC(CC(=O)OC)c1cc(C)cc(C)c1. The molecule has 0 aliphatic heterocycles. The van der Waals surface area contributed by atoms with E-state index in [-0.39, 0.29) is 12.0 Å². The van der Waals surface area contributed by atoms with Gasteiger partial charge in [-0.25, -0.2) is 0 Å². The van der Waals surface area contributed by atoms with Crippen LogP contribution in [0, 0.1) is 13.8 Å². The Morgan fingerprint density at radius 2 is 1.89 bits per heavy atom. The van der Waals surface area contributed by atoms with Gasteiger partial charge in [-0.2, -0.15) is 0 Å². The third-order valence-electron chi connectivity index (χ3n) is 2.89. The molecule has 0 aliphatic rings. The van der Waals surface area contributed by atoms with Crippen molar-refractivity contribution >= 4 is 5.97 Å². The monoisotopic (exact) mass is 249 g/mol. The summed E-state index contributed by atoms with van der Waals surface area (Å²) in [6.45, 7) is 7.16. The lowest BCUT2D eigenvalue weighted by molar-refractivity contribution is -0.141. The van der Waals surface area contributed by atoms with Crippen LogP contribution in [-0.4, -0.2) is 19.6 Å². The number of hydrogen-bond acceptors (Lipinski definition) is 3. The lowest BCUT2D eigenvalue weighted by Crippen LogP contribution is -2.25. The number of rotatable bonds is 6. The van der Waals surface area contributed by atoms with Gasteiger partial charge in [-0.15, -0.1) is 0 Å². The first kappa shape index (κ1) is 14.7. The Labute approximate surface area is 110 Å². The van der Waals surface area contributed by atoms with Gasteiger partial charge in [0.15, 0.2) is 0 Å². The minimum Gasteiger partial charge on any atom is -0.469 e. The number of carbonyl (C=O) groups excluding carboxylic acids is 1. The highest BCUT2D eigenvalue weighted by molar-refractivity contribution is 5.70. The molecule has 1 aromatic rings. The summed E-state index contributed by atoms with van der Waals surface area (Å²) in [6.07, 6.45) is 1.42. The second kappa shape index (κ2) is 7.17. The highest BCUT2D eigenvalue weighted by atomic mass is 16.5. The number of benzene rings is 1. The van der Waals surface area contributed by atoms with E-state index in [4.69, 9.17) is 4.74 Å². The average molecular weight is 249 g/mol. The predicted octanol–water partition coefficient (Wildman–Crippen LogP) is 2.91. The quantitative estimate of drug-likeness (QED) is 0.788. The lowest BCUT2D eigenvalue weighted by atomic mass is 9.99. The molecule has 1 unspecified atom stereocenters. The molecule has 1 rings (SSSR count). The molecule has 0 amide bonds. The number of hydrogen-bond donors (Lipinski definition) is 1. The first-order chi connectivity index (χ1) is 8.56. The summed E-state index contributed by atoms with van der Waals surface area (Å²) in [5.74, 6) is -0.178. The molecule has 0 spiro atoms. The largest absolute Gasteiger partial charge is 0.469 e. The summed E-state index contributed by atoms with van der Waals surface area (Å²) in [5, 5.41) is 3.40.